The summed E-state index contributed by atoms with van der Waals surface area (Å²) >= 11 is 0. The van der Waals surface area contributed by atoms with Gasteiger partial charge < -0.3 is 19.3 Å². The second-order valence-corrected chi connectivity index (χ2v) is 7.27. The quantitative estimate of drug-likeness (QED) is 0.586. The summed E-state index contributed by atoms with van der Waals surface area (Å²) in [6.07, 6.45) is 3.79. The Labute approximate surface area is 188 Å². The summed E-state index contributed by atoms with van der Waals surface area (Å²) in [4.78, 5) is 21.2. The van der Waals surface area contributed by atoms with Crippen LogP contribution in [0.4, 0.5) is 5.95 Å². The Morgan fingerprint density at radius 1 is 1.03 bits per heavy atom. The van der Waals surface area contributed by atoms with E-state index in [2.05, 4.69) is 45.6 Å². The number of nitrogens with zero attached hydrogens (tertiary/aromatic N) is 4. The fourth-order valence-electron chi connectivity index (χ4n) is 3.52. The Morgan fingerprint density at radius 3 is 2.45 bits per heavy atom. The van der Waals surface area contributed by atoms with Crippen LogP contribution in [0.5, 0.6) is 11.5 Å². The fourth-order valence-corrected chi connectivity index (χ4v) is 3.52. The number of halogens is 1. The van der Waals surface area contributed by atoms with Crippen LogP contribution in [-0.4, -0.2) is 60.3 Å². The molecule has 164 valence electrons. The number of amides is 1. The topological polar surface area (TPSA) is 59.8 Å². The molecule has 4 rings (SSSR count). The van der Waals surface area contributed by atoms with Crippen molar-refractivity contribution in [2.75, 3.05) is 44.8 Å². The minimum atomic E-state index is -0.0145. The van der Waals surface area contributed by atoms with E-state index in [-0.39, 0.29) is 24.9 Å². The van der Waals surface area contributed by atoms with Crippen LogP contribution in [-0.2, 0) is 4.79 Å². The largest absolute Gasteiger partial charge is 0.497 e. The van der Waals surface area contributed by atoms with E-state index in [1.807, 2.05) is 35.5 Å². The van der Waals surface area contributed by atoms with Crippen LogP contribution in [0.3, 0.4) is 0 Å². The zero-order chi connectivity index (χ0) is 20.9. The van der Waals surface area contributed by atoms with Gasteiger partial charge in [-0.1, -0.05) is 23.8 Å². The van der Waals surface area contributed by atoms with Crippen LogP contribution in [0.25, 0.3) is 5.69 Å². The van der Waals surface area contributed by atoms with Crippen LogP contribution in [0, 0.1) is 6.92 Å². The number of rotatable bonds is 6. The predicted octanol–water partition coefficient (Wildman–Crippen LogP) is 3.34. The number of aromatic nitrogens is 2. The predicted molar refractivity (Wildman–Crippen MR) is 123 cm³/mol. The highest BCUT2D eigenvalue weighted by atomic mass is 35.5. The Balaban J connectivity index is 0.00000272. The van der Waals surface area contributed by atoms with Gasteiger partial charge in [0.25, 0.3) is 5.91 Å². The van der Waals surface area contributed by atoms with Crippen LogP contribution in [0.1, 0.15) is 5.56 Å². The van der Waals surface area contributed by atoms with E-state index < -0.39 is 0 Å². The minimum absolute atomic E-state index is 0. The molecule has 0 saturated carbocycles. The van der Waals surface area contributed by atoms with Gasteiger partial charge in [0.1, 0.15) is 11.5 Å². The molecule has 2 aromatic carbocycles. The number of ether oxygens (including phenoxy) is 2. The van der Waals surface area contributed by atoms with Crippen molar-refractivity contribution >= 4 is 24.3 Å². The number of carbonyl (C=O) groups is 1. The number of benzene rings is 2. The van der Waals surface area contributed by atoms with Crippen molar-refractivity contribution in [2.45, 2.75) is 6.92 Å². The third-order valence-electron chi connectivity index (χ3n) is 5.25. The first-order valence-corrected chi connectivity index (χ1v) is 10.0. The lowest BCUT2D eigenvalue weighted by molar-refractivity contribution is -0.133. The summed E-state index contributed by atoms with van der Waals surface area (Å²) < 4.78 is 12.9. The number of hydrogen-bond acceptors (Lipinski definition) is 5. The number of methoxy groups -OCH3 is 1. The number of imidazole rings is 1. The molecule has 0 atom stereocenters. The van der Waals surface area contributed by atoms with Crippen molar-refractivity contribution in [3.8, 4) is 17.2 Å². The number of hydrogen-bond donors (Lipinski definition) is 0. The first-order chi connectivity index (χ1) is 14.6. The molecule has 3 aromatic rings. The van der Waals surface area contributed by atoms with Crippen molar-refractivity contribution < 1.29 is 14.3 Å². The van der Waals surface area contributed by atoms with Gasteiger partial charge in [-0.25, -0.2) is 4.98 Å². The average Bonchev–Trinajstić information content (AvgIpc) is 3.28. The third kappa shape index (κ3) is 5.30. The number of piperazine rings is 1. The molecular formula is C23H27ClN4O3. The highest BCUT2D eigenvalue weighted by Crippen LogP contribution is 2.21. The second kappa shape index (κ2) is 10.2. The molecule has 8 heteroatoms. The molecular weight excluding hydrogens is 416 g/mol. The zero-order valence-electron chi connectivity index (χ0n) is 17.7. The van der Waals surface area contributed by atoms with Crippen LogP contribution in [0.15, 0.2) is 60.9 Å². The molecule has 1 aromatic heterocycles. The molecule has 0 bridgehead atoms. The molecule has 0 radical (unpaired) electrons. The number of carbonyl (C=O) groups excluding carboxylic acids is 1. The molecule has 0 spiro atoms. The van der Waals surface area contributed by atoms with Gasteiger partial charge in [-0.15, -0.1) is 12.4 Å². The summed E-state index contributed by atoms with van der Waals surface area (Å²) in [6, 6.07) is 15.7. The highest BCUT2D eigenvalue weighted by molar-refractivity contribution is 5.85. The van der Waals surface area contributed by atoms with Gasteiger partial charge >= 0.3 is 0 Å². The van der Waals surface area contributed by atoms with Crippen LogP contribution < -0.4 is 14.4 Å². The SMILES string of the molecule is COc1cccc(OCC(=O)N2CCN(c3nccn3-c3ccc(C)cc3)CC2)c1.Cl. The smallest absolute Gasteiger partial charge is 0.260 e. The maximum atomic E-state index is 12.6. The molecule has 1 fully saturated rings. The van der Waals surface area contributed by atoms with Gasteiger partial charge in [0.15, 0.2) is 6.61 Å². The van der Waals surface area contributed by atoms with Gasteiger partial charge in [0, 0.05) is 50.3 Å². The Bertz CT molecular complexity index is 998. The highest BCUT2D eigenvalue weighted by Gasteiger charge is 2.24. The lowest BCUT2D eigenvalue weighted by Gasteiger charge is -2.35. The van der Waals surface area contributed by atoms with Gasteiger partial charge in [0.2, 0.25) is 5.95 Å². The van der Waals surface area contributed by atoms with Crippen LogP contribution in [0.2, 0.25) is 0 Å². The lowest BCUT2D eigenvalue weighted by atomic mass is 10.2. The Kier molecular flexibility index (Phi) is 7.41. The monoisotopic (exact) mass is 442 g/mol. The second-order valence-electron chi connectivity index (χ2n) is 7.27. The van der Waals surface area contributed by atoms with Crippen molar-refractivity contribution in [1.82, 2.24) is 14.5 Å². The summed E-state index contributed by atoms with van der Waals surface area (Å²) in [5.41, 5.74) is 2.31. The molecule has 0 aliphatic carbocycles. The summed E-state index contributed by atoms with van der Waals surface area (Å²) in [6.45, 7) is 4.83. The molecule has 2 heterocycles. The summed E-state index contributed by atoms with van der Waals surface area (Å²) in [7, 11) is 1.61. The molecule has 7 nitrogen and oxygen atoms in total. The lowest BCUT2D eigenvalue weighted by Crippen LogP contribution is -2.50. The van der Waals surface area contributed by atoms with E-state index in [1.165, 1.54) is 5.56 Å². The summed E-state index contributed by atoms with van der Waals surface area (Å²) in [5, 5.41) is 0. The molecule has 0 N–H and O–H groups in total. The minimum Gasteiger partial charge on any atom is -0.497 e. The van der Waals surface area contributed by atoms with Gasteiger partial charge in [-0.2, -0.15) is 0 Å². The van der Waals surface area contributed by atoms with E-state index in [1.54, 1.807) is 13.2 Å². The molecule has 1 amide bonds. The normalized spacial score (nSPS) is 13.5. The van der Waals surface area contributed by atoms with Gasteiger partial charge in [-0.05, 0) is 31.2 Å². The van der Waals surface area contributed by atoms with Crippen LogP contribution >= 0.6 is 12.4 Å². The van der Waals surface area contributed by atoms with Crippen molar-refractivity contribution in [2.24, 2.45) is 0 Å². The van der Waals surface area contributed by atoms with Crippen molar-refractivity contribution in [3.05, 3.63) is 66.5 Å². The maximum Gasteiger partial charge on any atom is 0.260 e. The Hall–Kier alpha value is -3.19. The fraction of sp³-hybridized carbons (Fsp3) is 0.304. The standard InChI is InChI=1S/C23H26N4O3.ClH/c1-18-6-8-19(9-7-18)27-11-10-24-23(27)26-14-12-25(13-15-26)22(28)17-30-21-5-3-4-20(16-21)29-2;/h3-11,16H,12-15,17H2,1-2H3;1H. The zero-order valence-corrected chi connectivity index (χ0v) is 18.5. The van der Waals surface area contributed by atoms with E-state index in [4.69, 9.17) is 9.47 Å². The average molecular weight is 443 g/mol. The third-order valence-corrected chi connectivity index (χ3v) is 5.25. The molecule has 0 unspecified atom stereocenters. The maximum absolute atomic E-state index is 12.6. The molecule has 1 aliphatic rings. The van der Waals surface area contributed by atoms with E-state index in [0.29, 0.717) is 24.6 Å². The number of anilines is 1. The molecule has 1 aliphatic heterocycles. The van der Waals surface area contributed by atoms with Crippen molar-refractivity contribution in [3.63, 3.8) is 0 Å². The van der Waals surface area contributed by atoms with Crippen molar-refractivity contribution in [1.29, 1.82) is 0 Å². The summed E-state index contributed by atoms with van der Waals surface area (Å²) in [5.74, 6) is 2.22. The molecule has 31 heavy (non-hydrogen) atoms. The van der Waals surface area contributed by atoms with E-state index in [0.717, 1.165) is 24.7 Å². The first-order valence-electron chi connectivity index (χ1n) is 10.0. The van der Waals surface area contributed by atoms with Gasteiger partial charge in [0.05, 0.1) is 7.11 Å². The molecule has 1 saturated heterocycles. The number of aryl methyl sites for hydroxylation is 1. The first kappa shape index (κ1) is 22.5. The van der Waals surface area contributed by atoms with E-state index in [9.17, 15) is 4.79 Å². The van der Waals surface area contributed by atoms with E-state index >= 15 is 0 Å². The van der Waals surface area contributed by atoms with Gasteiger partial charge in [-0.3, -0.25) is 9.36 Å². The Morgan fingerprint density at radius 2 is 1.74 bits per heavy atom.